The minimum atomic E-state index is -0.515. The number of phenolic OH excluding ortho intramolecular Hbond substituents is 2. The summed E-state index contributed by atoms with van der Waals surface area (Å²) in [5, 5.41) is 18.5. The zero-order chi connectivity index (χ0) is 13.7. The Bertz CT molecular complexity index is 603. The summed E-state index contributed by atoms with van der Waals surface area (Å²) < 4.78 is 5.05. The van der Waals surface area contributed by atoms with Crippen LogP contribution in [0, 0.1) is 0 Å². The summed E-state index contributed by atoms with van der Waals surface area (Å²) in [6.45, 7) is 0. The van der Waals surface area contributed by atoms with E-state index < -0.39 is 5.97 Å². The van der Waals surface area contributed by atoms with Crippen LogP contribution in [-0.4, -0.2) is 16.2 Å². The van der Waals surface area contributed by atoms with Gasteiger partial charge in [0.1, 0.15) is 5.75 Å². The molecule has 0 aromatic heterocycles. The third-order valence-corrected chi connectivity index (χ3v) is 2.37. The maximum Gasteiger partial charge on any atom is 0.336 e. The Labute approximate surface area is 110 Å². The van der Waals surface area contributed by atoms with Crippen LogP contribution in [0.2, 0.25) is 0 Å². The Morgan fingerprint density at radius 3 is 2.42 bits per heavy atom. The zero-order valence-electron chi connectivity index (χ0n) is 9.98. The van der Waals surface area contributed by atoms with Gasteiger partial charge in [-0.1, -0.05) is 24.3 Å². The molecule has 0 saturated carbocycles. The quantitative estimate of drug-likeness (QED) is 0.383. The van der Waals surface area contributed by atoms with Gasteiger partial charge < -0.3 is 14.9 Å². The van der Waals surface area contributed by atoms with Crippen molar-refractivity contribution < 1.29 is 19.7 Å². The van der Waals surface area contributed by atoms with Crippen molar-refractivity contribution >= 4 is 12.0 Å². The van der Waals surface area contributed by atoms with Crippen molar-refractivity contribution in [2.75, 3.05) is 0 Å². The second kappa shape index (κ2) is 5.73. The molecule has 0 aliphatic rings. The number of hydrogen-bond acceptors (Lipinski definition) is 4. The average molecular weight is 256 g/mol. The number of benzene rings is 2. The summed E-state index contributed by atoms with van der Waals surface area (Å²) in [6.07, 6.45) is 2.74. The second-order valence-corrected chi connectivity index (χ2v) is 3.82. The minimum absolute atomic E-state index is 0.205. The Kier molecular flexibility index (Phi) is 3.83. The molecule has 2 N–H and O–H groups in total. The molecule has 4 heteroatoms. The Morgan fingerprint density at radius 2 is 1.74 bits per heavy atom. The Hall–Kier alpha value is -2.75. The molecule has 19 heavy (non-hydrogen) atoms. The van der Waals surface area contributed by atoms with Gasteiger partial charge in [0.2, 0.25) is 0 Å². The molecule has 0 radical (unpaired) electrons. The molecule has 4 nitrogen and oxygen atoms in total. The topological polar surface area (TPSA) is 66.8 Å². The van der Waals surface area contributed by atoms with Crippen LogP contribution < -0.4 is 4.74 Å². The first-order valence-corrected chi connectivity index (χ1v) is 5.62. The van der Waals surface area contributed by atoms with Crippen LogP contribution in [0.25, 0.3) is 6.08 Å². The van der Waals surface area contributed by atoms with E-state index >= 15 is 0 Å². The lowest BCUT2D eigenvalue weighted by Gasteiger charge is -2.00. The van der Waals surface area contributed by atoms with Crippen molar-refractivity contribution in [2.24, 2.45) is 0 Å². The van der Waals surface area contributed by atoms with Crippen molar-refractivity contribution in [3.8, 4) is 17.2 Å². The highest BCUT2D eigenvalue weighted by molar-refractivity contribution is 5.88. The van der Waals surface area contributed by atoms with E-state index in [9.17, 15) is 9.90 Å². The third-order valence-electron chi connectivity index (χ3n) is 2.37. The number of rotatable bonds is 3. The van der Waals surface area contributed by atoms with Gasteiger partial charge in [-0.15, -0.1) is 0 Å². The summed E-state index contributed by atoms with van der Waals surface area (Å²) in [4.78, 5) is 11.5. The molecule has 0 spiro atoms. The number of esters is 1. The smallest absolute Gasteiger partial charge is 0.336 e. The summed E-state index contributed by atoms with van der Waals surface area (Å²) in [5.74, 6) is -0.493. The lowest BCUT2D eigenvalue weighted by Crippen LogP contribution is -2.03. The van der Waals surface area contributed by atoms with Crippen molar-refractivity contribution in [3.63, 3.8) is 0 Å². The number of carbonyl (C=O) groups excluding carboxylic acids is 1. The predicted octanol–water partition coefficient (Wildman–Crippen LogP) is 2.72. The first-order valence-electron chi connectivity index (χ1n) is 5.62. The van der Waals surface area contributed by atoms with E-state index in [2.05, 4.69) is 0 Å². The van der Waals surface area contributed by atoms with E-state index in [0.29, 0.717) is 11.3 Å². The number of phenols is 2. The molecule has 0 aliphatic heterocycles. The summed E-state index contributed by atoms with van der Waals surface area (Å²) >= 11 is 0. The van der Waals surface area contributed by atoms with Crippen LogP contribution in [-0.2, 0) is 4.79 Å². The summed E-state index contributed by atoms with van der Waals surface area (Å²) in [7, 11) is 0. The number of ether oxygens (including phenoxy) is 1. The van der Waals surface area contributed by atoms with Crippen LogP contribution in [0.5, 0.6) is 17.2 Å². The number of para-hydroxylation sites is 1. The molecule has 0 heterocycles. The van der Waals surface area contributed by atoms with Gasteiger partial charge in [-0.05, 0) is 35.9 Å². The third kappa shape index (κ3) is 3.61. The van der Waals surface area contributed by atoms with Crippen LogP contribution in [0.4, 0.5) is 0 Å². The molecular formula is C15H12O4. The van der Waals surface area contributed by atoms with Crippen molar-refractivity contribution in [1.82, 2.24) is 0 Å². The van der Waals surface area contributed by atoms with Gasteiger partial charge in [0.25, 0.3) is 0 Å². The number of aromatic hydroxyl groups is 2. The highest BCUT2D eigenvalue weighted by atomic mass is 16.5. The van der Waals surface area contributed by atoms with E-state index in [4.69, 9.17) is 9.84 Å². The van der Waals surface area contributed by atoms with Gasteiger partial charge in [-0.2, -0.15) is 0 Å². The minimum Gasteiger partial charge on any atom is -0.504 e. The molecule has 2 aromatic carbocycles. The molecule has 0 fully saturated rings. The van der Waals surface area contributed by atoms with Gasteiger partial charge in [-0.3, -0.25) is 0 Å². The summed E-state index contributed by atoms with van der Waals surface area (Å²) in [5.41, 5.74) is 0.584. The van der Waals surface area contributed by atoms with Gasteiger partial charge >= 0.3 is 5.97 Å². The molecular weight excluding hydrogens is 244 g/mol. The molecule has 0 unspecified atom stereocenters. The lowest BCUT2D eigenvalue weighted by atomic mass is 10.2. The van der Waals surface area contributed by atoms with Gasteiger partial charge in [0, 0.05) is 6.08 Å². The predicted molar refractivity (Wildman–Crippen MR) is 70.9 cm³/mol. The largest absolute Gasteiger partial charge is 0.504 e. The molecule has 96 valence electrons. The SMILES string of the molecule is O=C(/C=C/c1ccc(O)c(O)c1)Oc1ccccc1. The van der Waals surface area contributed by atoms with Gasteiger partial charge in [0.05, 0.1) is 0 Å². The van der Waals surface area contributed by atoms with Crippen molar-refractivity contribution in [1.29, 1.82) is 0 Å². The molecule has 0 bridgehead atoms. The lowest BCUT2D eigenvalue weighted by molar-refractivity contribution is -0.128. The molecule has 2 rings (SSSR count). The molecule has 2 aromatic rings. The van der Waals surface area contributed by atoms with E-state index in [-0.39, 0.29) is 11.5 Å². The van der Waals surface area contributed by atoms with Crippen LogP contribution in [0.15, 0.2) is 54.6 Å². The first kappa shape index (κ1) is 12.7. The monoisotopic (exact) mass is 256 g/mol. The highest BCUT2D eigenvalue weighted by Gasteiger charge is 2.01. The fraction of sp³-hybridized carbons (Fsp3) is 0. The molecule has 0 saturated heterocycles. The van der Waals surface area contributed by atoms with Crippen LogP contribution >= 0.6 is 0 Å². The van der Waals surface area contributed by atoms with E-state index in [0.717, 1.165) is 0 Å². The van der Waals surface area contributed by atoms with E-state index in [1.54, 1.807) is 30.3 Å². The van der Waals surface area contributed by atoms with Gasteiger partial charge in [-0.25, -0.2) is 4.79 Å². The Morgan fingerprint density at radius 1 is 1.00 bits per heavy atom. The fourth-order valence-electron chi connectivity index (χ4n) is 1.45. The zero-order valence-corrected chi connectivity index (χ0v) is 9.98. The number of hydrogen-bond donors (Lipinski definition) is 2. The Balaban J connectivity index is 2.02. The average Bonchev–Trinajstić information content (AvgIpc) is 2.41. The maximum atomic E-state index is 11.5. The standard InChI is InChI=1S/C15H12O4/c16-13-8-6-11(10-14(13)17)7-9-15(18)19-12-4-2-1-3-5-12/h1-10,16-17H/b9-7+. The van der Waals surface area contributed by atoms with Crippen LogP contribution in [0.3, 0.4) is 0 Å². The van der Waals surface area contributed by atoms with Crippen molar-refractivity contribution in [2.45, 2.75) is 0 Å². The van der Waals surface area contributed by atoms with E-state index in [1.807, 2.05) is 6.07 Å². The second-order valence-electron chi connectivity index (χ2n) is 3.82. The van der Waals surface area contributed by atoms with E-state index in [1.165, 1.54) is 24.3 Å². The normalized spacial score (nSPS) is 10.5. The highest BCUT2D eigenvalue weighted by Crippen LogP contribution is 2.25. The number of carbonyl (C=O) groups is 1. The first-order chi connectivity index (χ1) is 9.15. The molecule has 0 atom stereocenters. The van der Waals surface area contributed by atoms with Crippen LogP contribution in [0.1, 0.15) is 5.56 Å². The fourth-order valence-corrected chi connectivity index (χ4v) is 1.45. The molecule has 0 aliphatic carbocycles. The van der Waals surface area contributed by atoms with Crippen molar-refractivity contribution in [3.05, 3.63) is 60.2 Å². The summed E-state index contributed by atoms with van der Waals surface area (Å²) in [6, 6.07) is 13.0. The van der Waals surface area contributed by atoms with Gasteiger partial charge in [0.15, 0.2) is 11.5 Å². The maximum absolute atomic E-state index is 11.5. The molecule has 0 amide bonds.